The minimum absolute atomic E-state index is 0.156. The van der Waals surface area contributed by atoms with Crippen LogP contribution in [0.3, 0.4) is 0 Å². The summed E-state index contributed by atoms with van der Waals surface area (Å²) in [5.41, 5.74) is 3.79. The number of rotatable bonds is 6. The van der Waals surface area contributed by atoms with Crippen molar-refractivity contribution in [3.05, 3.63) is 87.8 Å². The van der Waals surface area contributed by atoms with E-state index < -0.39 is 12.1 Å². The Balaban J connectivity index is 1.31. The average Bonchev–Trinajstić information content (AvgIpc) is 3.30. The number of alkyl halides is 3. The number of halogens is 3. The highest BCUT2D eigenvalue weighted by Gasteiger charge is 2.41. The standard InChI is InChI=1S/C31H28F3NO4S/c32-31(33,34)30(37)39-22-11-12-23-25(18-22)40-26-17-20-5-4-6-24(36)27(20)28(29(23)26)19-7-9-21(10-8-19)38-16-15-35-13-2-1-3-14-35/h4-12,18,28,36H,1-3,13-17H2. The lowest BCUT2D eigenvalue weighted by molar-refractivity contribution is -0.189. The summed E-state index contributed by atoms with van der Waals surface area (Å²) < 4.78 is 49.5. The molecule has 2 heterocycles. The van der Waals surface area contributed by atoms with Gasteiger partial charge in [-0.15, -0.1) is 11.3 Å². The zero-order chi connectivity index (χ0) is 27.9. The van der Waals surface area contributed by atoms with Gasteiger partial charge in [0.25, 0.3) is 0 Å². The Bertz CT molecular complexity index is 1540. The van der Waals surface area contributed by atoms with Crippen molar-refractivity contribution in [1.29, 1.82) is 0 Å². The lowest BCUT2D eigenvalue weighted by Gasteiger charge is -2.28. The molecule has 1 aliphatic heterocycles. The van der Waals surface area contributed by atoms with Gasteiger partial charge in [-0.1, -0.05) is 30.7 Å². The summed E-state index contributed by atoms with van der Waals surface area (Å²) in [6.45, 7) is 3.76. The van der Waals surface area contributed by atoms with E-state index in [9.17, 15) is 23.1 Å². The second-order valence-corrected chi connectivity index (χ2v) is 11.4. The Labute approximate surface area is 233 Å². The number of carbonyl (C=O) groups is 1. The first-order valence-electron chi connectivity index (χ1n) is 13.4. The predicted octanol–water partition coefficient (Wildman–Crippen LogP) is 7.02. The van der Waals surface area contributed by atoms with E-state index in [2.05, 4.69) is 9.64 Å². The van der Waals surface area contributed by atoms with Crippen molar-refractivity contribution in [2.45, 2.75) is 37.8 Å². The Hall–Kier alpha value is -3.56. The second-order valence-electron chi connectivity index (χ2n) is 10.3. The maximum atomic E-state index is 12.7. The second kappa shape index (κ2) is 10.8. The van der Waals surface area contributed by atoms with Crippen LogP contribution in [0.15, 0.2) is 60.7 Å². The van der Waals surface area contributed by atoms with Gasteiger partial charge in [0.2, 0.25) is 0 Å². The van der Waals surface area contributed by atoms with Gasteiger partial charge < -0.3 is 14.6 Å². The SMILES string of the molecule is O=C(Oc1ccc2c3c(sc2c1)Cc1cccc(O)c1C3c1ccc(OCCN2CCCCC2)cc1)C(F)(F)F. The molecule has 1 atom stereocenters. The predicted molar refractivity (Wildman–Crippen MR) is 148 cm³/mol. The number of likely N-dealkylation sites (tertiary alicyclic amines) is 1. The number of piperidine rings is 1. The average molecular weight is 568 g/mol. The third-order valence-corrected chi connectivity index (χ3v) is 8.83. The van der Waals surface area contributed by atoms with Crippen molar-refractivity contribution >= 4 is 27.4 Å². The summed E-state index contributed by atoms with van der Waals surface area (Å²) >= 11 is 1.46. The topological polar surface area (TPSA) is 59.0 Å². The lowest BCUT2D eigenvalue weighted by atomic mass is 9.76. The molecule has 0 spiro atoms. The number of hydrogen-bond acceptors (Lipinski definition) is 6. The number of aromatic hydroxyl groups is 1. The van der Waals surface area contributed by atoms with Crippen LogP contribution in [0.1, 0.15) is 52.3 Å². The molecule has 2 aliphatic rings. The molecule has 1 fully saturated rings. The monoisotopic (exact) mass is 567 g/mol. The quantitative estimate of drug-likeness (QED) is 0.177. The number of thiophene rings is 1. The molecule has 40 heavy (non-hydrogen) atoms. The molecule has 1 saturated heterocycles. The summed E-state index contributed by atoms with van der Waals surface area (Å²) in [6, 6.07) is 18.0. The highest BCUT2D eigenvalue weighted by molar-refractivity contribution is 7.19. The molecule has 9 heteroatoms. The Kier molecular flexibility index (Phi) is 7.18. The molecule has 3 aromatic carbocycles. The summed E-state index contributed by atoms with van der Waals surface area (Å²) in [4.78, 5) is 14.9. The Morgan fingerprint density at radius 2 is 1.73 bits per heavy atom. The molecular weight excluding hydrogens is 539 g/mol. The van der Waals surface area contributed by atoms with E-state index in [0.29, 0.717) is 17.7 Å². The van der Waals surface area contributed by atoms with Crippen molar-refractivity contribution < 1.29 is 32.5 Å². The van der Waals surface area contributed by atoms with Crippen LogP contribution in [0.2, 0.25) is 0 Å². The largest absolute Gasteiger partial charge is 0.508 e. The smallest absolute Gasteiger partial charge is 0.491 e. The number of carbonyl (C=O) groups excluding carboxylic acids is 1. The van der Waals surface area contributed by atoms with Gasteiger partial charge in [-0.3, -0.25) is 4.90 Å². The van der Waals surface area contributed by atoms with Crippen LogP contribution < -0.4 is 9.47 Å². The van der Waals surface area contributed by atoms with E-state index in [0.717, 1.165) is 57.9 Å². The lowest BCUT2D eigenvalue weighted by Crippen LogP contribution is -2.33. The summed E-state index contributed by atoms with van der Waals surface area (Å²) in [6.07, 6.45) is -0.707. The van der Waals surface area contributed by atoms with Gasteiger partial charge in [-0.2, -0.15) is 13.2 Å². The van der Waals surface area contributed by atoms with Gasteiger partial charge in [0.1, 0.15) is 23.9 Å². The van der Waals surface area contributed by atoms with Gasteiger partial charge in [-0.25, -0.2) is 4.79 Å². The van der Waals surface area contributed by atoms with E-state index in [4.69, 9.17) is 4.74 Å². The Morgan fingerprint density at radius 1 is 0.975 bits per heavy atom. The molecule has 0 saturated carbocycles. The summed E-state index contributed by atoms with van der Waals surface area (Å²) in [5.74, 6) is -1.71. The van der Waals surface area contributed by atoms with Crippen molar-refractivity contribution in [2.75, 3.05) is 26.2 Å². The van der Waals surface area contributed by atoms with Gasteiger partial charge in [-0.05, 0) is 84.4 Å². The summed E-state index contributed by atoms with van der Waals surface area (Å²) in [7, 11) is 0. The number of ether oxygens (including phenoxy) is 2. The fourth-order valence-corrected chi connectivity index (χ4v) is 7.09. The first-order chi connectivity index (χ1) is 19.3. The van der Waals surface area contributed by atoms with Crippen LogP contribution in [0.5, 0.6) is 17.2 Å². The van der Waals surface area contributed by atoms with E-state index in [1.807, 2.05) is 36.4 Å². The molecule has 4 aromatic rings. The molecule has 0 amide bonds. The van der Waals surface area contributed by atoms with Crippen LogP contribution in [0, 0.1) is 0 Å². The number of phenols is 1. The molecule has 1 unspecified atom stereocenters. The molecule has 0 radical (unpaired) electrons. The Morgan fingerprint density at radius 3 is 2.48 bits per heavy atom. The first-order valence-corrected chi connectivity index (χ1v) is 14.2. The van der Waals surface area contributed by atoms with Gasteiger partial charge >= 0.3 is 12.1 Å². The van der Waals surface area contributed by atoms with Gasteiger partial charge in [0.15, 0.2) is 0 Å². The van der Waals surface area contributed by atoms with E-state index in [1.165, 1.54) is 42.7 Å². The van der Waals surface area contributed by atoms with E-state index in [1.54, 1.807) is 12.1 Å². The number of benzene rings is 3. The number of fused-ring (bicyclic) bond motifs is 4. The highest BCUT2D eigenvalue weighted by atomic mass is 32.1. The molecule has 1 aliphatic carbocycles. The zero-order valence-corrected chi connectivity index (χ0v) is 22.5. The van der Waals surface area contributed by atoms with Crippen LogP contribution in [-0.4, -0.2) is 48.4 Å². The van der Waals surface area contributed by atoms with Gasteiger partial charge in [0, 0.05) is 34.0 Å². The normalized spacial score (nSPS) is 17.3. The maximum Gasteiger partial charge on any atom is 0.491 e. The van der Waals surface area contributed by atoms with Crippen LogP contribution >= 0.6 is 11.3 Å². The van der Waals surface area contributed by atoms with Crippen molar-refractivity contribution in [1.82, 2.24) is 4.90 Å². The minimum atomic E-state index is -5.07. The van der Waals surface area contributed by atoms with Gasteiger partial charge in [0.05, 0.1) is 0 Å². The minimum Gasteiger partial charge on any atom is -0.508 e. The fraction of sp³-hybridized carbons (Fsp3) is 0.323. The first kappa shape index (κ1) is 26.7. The molecule has 5 nitrogen and oxygen atoms in total. The highest BCUT2D eigenvalue weighted by Crippen LogP contribution is 2.50. The van der Waals surface area contributed by atoms with Crippen LogP contribution in [0.25, 0.3) is 10.1 Å². The molecule has 0 bridgehead atoms. The maximum absolute atomic E-state index is 12.7. The number of phenolic OH excluding ortho intramolecular Hbond substituents is 1. The van der Waals surface area contributed by atoms with Crippen molar-refractivity contribution in [3.63, 3.8) is 0 Å². The third kappa shape index (κ3) is 5.28. The molecule has 6 rings (SSSR count). The molecule has 1 N–H and O–H groups in total. The molecule has 1 aromatic heterocycles. The number of nitrogens with zero attached hydrogens (tertiary/aromatic N) is 1. The summed E-state index contributed by atoms with van der Waals surface area (Å²) in [5, 5.41) is 11.8. The molecule has 208 valence electrons. The molecular formula is C31H28F3NO4S. The van der Waals surface area contributed by atoms with E-state index >= 15 is 0 Å². The number of esters is 1. The third-order valence-electron chi connectivity index (χ3n) is 7.66. The van der Waals surface area contributed by atoms with Crippen molar-refractivity contribution in [3.8, 4) is 17.2 Å². The fourth-order valence-electron chi connectivity index (χ4n) is 5.79. The number of hydrogen-bond donors (Lipinski definition) is 1. The van der Waals surface area contributed by atoms with Crippen molar-refractivity contribution in [2.24, 2.45) is 0 Å². The zero-order valence-electron chi connectivity index (χ0n) is 21.7. The van der Waals surface area contributed by atoms with E-state index in [-0.39, 0.29) is 17.4 Å². The van der Waals surface area contributed by atoms with Crippen LogP contribution in [0.4, 0.5) is 13.2 Å². The van der Waals surface area contributed by atoms with Crippen LogP contribution in [-0.2, 0) is 11.2 Å².